The van der Waals surface area contributed by atoms with Crippen LogP contribution in [0.2, 0.25) is 0 Å². The number of aliphatic imine (C=N–C) groups is 1. The van der Waals surface area contributed by atoms with E-state index in [0.29, 0.717) is 28.7 Å². The highest BCUT2D eigenvalue weighted by atomic mass is 79.9. The summed E-state index contributed by atoms with van der Waals surface area (Å²) in [6, 6.07) is 16.5. The Kier molecular flexibility index (Phi) is 6.32. The summed E-state index contributed by atoms with van der Waals surface area (Å²) < 4.78 is 6.26. The SMILES string of the molecule is COc1cccc(C2=Nc3cccnc3N(CC(=O)Nc3ccc(Br)c(C)c3)C(=O)C2)c1. The summed E-state index contributed by atoms with van der Waals surface area (Å²) in [6.45, 7) is 1.77. The smallest absolute Gasteiger partial charge is 0.244 e. The Balaban J connectivity index is 1.60. The first-order valence-electron chi connectivity index (χ1n) is 9.98. The van der Waals surface area contributed by atoms with E-state index in [-0.39, 0.29) is 24.8 Å². The molecule has 0 radical (unpaired) electrons. The van der Waals surface area contributed by atoms with Gasteiger partial charge in [-0.1, -0.05) is 28.1 Å². The molecule has 1 aromatic heterocycles. The number of anilines is 2. The first kappa shape index (κ1) is 21.7. The van der Waals surface area contributed by atoms with Crippen molar-refractivity contribution in [2.45, 2.75) is 13.3 Å². The van der Waals surface area contributed by atoms with Gasteiger partial charge < -0.3 is 10.1 Å². The molecule has 0 aliphatic carbocycles. The van der Waals surface area contributed by atoms with Gasteiger partial charge in [0.1, 0.15) is 18.0 Å². The molecule has 0 bridgehead atoms. The zero-order valence-electron chi connectivity index (χ0n) is 17.6. The molecule has 1 aliphatic heterocycles. The van der Waals surface area contributed by atoms with Crippen LogP contribution in [0, 0.1) is 6.92 Å². The van der Waals surface area contributed by atoms with Gasteiger partial charge in [0, 0.05) is 21.9 Å². The first-order chi connectivity index (χ1) is 15.4. The molecule has 1 aliphatic rings. The van der Waals surface area contributed by atoms with Crippen molar-refractivity contribution in [3.63, 3.8) is 0 Å². The average molecular weight is 493 g/mol. The number of methoxy groups -OCH3 is 1. The number of benzene rings is 2. The molecule has 8 heteroatoms. The van der Waals surface area contributed by atoms with Crippen LogP contribution in [0.1, 0.15) is 17.5 Å². The lowest BCUT2D eigenvalue weighted by Crippen LogP contribution is -2.39. The number of hydrogen-bond acceptors (Lipinski definition) is 5. The molecule has 2 aromatic carbocycles. The van der Waals surface area contributed by atoms with Gasteiger partial charge in [-0.15, -0.1) is 0 Å². The van der Waals surface area contributed by atoms with Gasteiger partial charge in [-0.05, 0) is 55.0 Å². The van der Waals surface area contributed by atoms with Crippen molar-refractivity contribution in [3.05, 3.63) is 76.4 Å². The predicted octanol–water partition coefficient (Wildman–Crippen LogP) is 4.66. The molecule has 32 heavy (non-hydrogen) atoms. The van der Waals surface area contributed by atoms with E-state index in [9.17, 15) is 9.59 Å². The summed E-state index contributed by atoms with van der Waals surface area (Å²) in [5, 5.41) is 2.85. The molecule has 4 rings (SSSR count). The number of carbonyl (C=O) groups excluding carboxylic acids is 2. The lowest BCUT2D eigenvalue weighted by molar-refractivity contribution is -0.120. The fraction of sp³-hybridized carbons (Fsp3) is 0.167. The van der Waals surface area contributed by atoms with Crippen LogP contribution in [0.5, 0.6) is 5.75 Å². The Bertz CT molecular complexity index is 1230. The first-order valence-corrected chi connectivity index (χ1v) is 10.8. The van der Waals surface area contributed by atoms with Gasteiger partial charge in [-0.3, -0.25) is 14.5 Å². The molecule has 1 N–H and O–H groups in total. The second-order valence-electron chi connectivity index (χ2n) is 7.31. The number of nitrogens with zero attached hydrogens (tertiary/aromatic N) is 3. The number of aromatic nitrogens is 1. The standard InChI is InChI=1S/C24H21BrN4O3/c1-15-11-17(8-9-19(15)25)27-22(30)14-29-23(31)13-21(16-5-3-6-18(12-16)32-2)28-20-7-4-10-26-24(20)29/h3-12H,13-14H2,1-2H3,(H,27,30). The van der Waals surface area contributed by atoms with Gasteiger partial charge >= 0.3 is 0 Å². The van der Waals surface area contributed by atoms with Gasteiger partial charge in [-0.2, -0.15) is 0 Å². The maximum atomic E-state index is 13.2. The molecule has 2 heterocycles. The van der Waals surface area contributed by atoms with E-state index in [2.05, 4.69) is 26.2 Å². The molecular weight excluding hydrogens is 472 g/mol. The number of fused-ring (bicyclic) bond motifs is 1. The third-order valence-corrected chi connectivity index (χ3v) is 5.93. The molecule has 2 amide bonds. The number of hydrogen-bond donors (Lipinski definition) is 1. The van der Waals surface area contributed by atoms with Crippen LogP contribution in [0.3, 0.4) is 0 Å². The molecule has 0 atom stereocenters. The van der Waals surface area contributed by atoms with E-state index in [1.165, 1.54) is 4.90 Å². The minimum absolute atomic E-state index is 0.0359. The van der Waals surface area contributed by atoms with E-state index < -0.39 is 0 Å². The predicted molar refractivity (Wildman–Crippen MR) is 128 cm³/mol. The summed E-state index contributed by atoms with van der Waals surface area (Å²) in [5.41, 5.74) is 3.56. The van der Waals surface area contributed by atoms with E-state index in [1.807, 2.05) is 43.3 Å². The fourth-order valence-electron chi connectivity index (χ4n) is 3.42. The Morgan fingerprint density at radius 3 is 2.81 bits per heavy atom. The zero-order chi connectivity index (χ0) is 22.7. The Morgan fingerprint density at radius 2 is 2.03 bits per heavy atom. The highest BCUT2D eigenvalue weighted by Gasteiger charge is 2.28. The third kappa shape index (κ3) is 4.70. The molecule has 0 saturated heterocycles. The number of rotatable bonds is 5. The normalized spacial score (nSPS) is 13.2. The highest BCUT2D eigenvalue weighted by Crippen LogP contribution is 2.31. The summed E-state index contributed by atoms with van der Waals surface area (Å²) in [4.78, 5) is 36.4. The van der Waals surface area contributed by atoms with Crippen LogP contribution >= 0.6 is 15.9 Å². The number of aryl methyl sites for hydroxylation is 1. The molecule has 0 saturated carbocycles. The van der Waals surface area contributed by atoms with Crippen LogP contribution in [-0.2, 0) is 9.59 Å². The summed E-state index contributed by atoms with van der Waals surface area (Å²) in [6.07, 6.45) is 1.62. The Morgan fingerprint density at radius 1 is 1.19 bits per heavy atom. The van der Waals surface area contributed by atoms with Crippen LogP contribution in [0.25, 0.3) is 0 Å². The van der Waals surface area contributed by atoms with Crippen molar-refractivity contribution < 1.29 is 14.3 Å². The zero-order valence-corrected chi connectivity index (χ0v) is 19.2. The van der Waals surface area contributed by atoms with E-state index in [0.717, 1.165) is 15.6 Å². The molecule has 162 valence electrons. The van der Waals surface area contributed by atoms with Gasteiger partial charge in [0.05, 0.1) is 19.2 Å². The molecule has 0 unspecified atom stereocenters. The van der Waals surface area contributed by atoms with E-state index in [1.54, 1.807) is 31.5 Å². The number of halogens is 1. The minimum atomic E-state index is -0.318. The monoisotopic (exact) mass is 492 g/mol. The van der Waals surface area contributed by atoms with Crippen molar-refractivity contribution in [3.8, 4) is 5.75 Å². The number of ether oxygens (including phenoxy) is 1. The molecule has 0 fully saturated rings. The van der Waals surface area contributed by atoms with Crippen LogP contribution in [0.4, 0.5) is 17.2 Å². The van der Waals surface area contributed by atoms with Gasteiger partial charge in [0.2, 0.25) is 11.8 Å². The summed E-state index contributed by atoms with van der Waals surface area (Å²) in [5.74, 6) is 0.458. The van der Waals surface area contributed by atoms with Gasteiger partial charge in [-0.25, -0.2) is 9.98 Å². The number of pyridine rings is 1. The van der Waals surface area contributed by atoms with Gasteiger partial charge in [0.25, 0.3) is 0 Å². The van der Waals surface area contributed by atoms with Crippen molar-refractivity contribution >= 4 is 50.6 Å². The number of carbonyl (C=O) groups is 2. The summed E-state index contributed by atoms with van der Waals surface area (Å²) >= 11 is 3.45. The van der Waals surface area contributed by atoms with Crippen LogP contribution in [0.15, 0.2) is 70.3 Å². The van der Waals surface area contributed by atoms with Crippen molar-refractivity contribution in [1.82, 2.24) is 4.98 Å². The minimum Gasteiger partial charge on any atom is -0.497 e. The quantitative estimate of drug-likeness (QED) is 0.561. The lowest BCUT2D eigenvalue weighted by Gasteiger charge is -2.20. The summed E-state index contributed by atoms with van der Waals surface area (Å²) in [7, 11) is 1.59. The van der Waals surface area contributed by atoms with Crippen molar-refractivity contribution in [1.29, 1.82) is 0 Å². The molecular formula is C24H21BrN4O3. The van der Waals surface area contributed by atoms with Crippen molar-refractivity contribution in [2.75, 3.05) is 23.9 Å². The van der Waals surface area contributed by atoms with Crippen molar-refractivity contribution in [2.24, 2.45) is 4.99 Å². The molecule has 7 nitrogen and oxygen atoms in total. The lowest BCUT2D eigenvalue weighted by atomic mass is 10.1. The second-order valence-corrected chi connectivity index (χ2v) is 8.16. The second kappa shape index (κ2) is 9.32. The van der Waals surface area contributed by atoms with Gasteiger partial charge in [0.15, 0.2) is 5.82 Å². The Hall–Kier alpha value is -3.52. The number of nitrogens with one attached hydrogen (secondary N) is 1. The molecule has 3 aromatic rings. The van der Waals surface area contributed by atoms with Crippen LogP contribution < -0.4 is 15.0 Å². The van der Waals surface area contributed by atoms with E-state index in [4.69, 9.17) is 9.73 Å². The Labute approximate surface area is 194 Å². The molecule has 0 spiro atoms. The highest BCUT2D eigenvalue weighted by molar-refractivity contribution is 9.10. The van der Waals surface area contributed by atoms with Crippen LogP contribution in [-0.4, -0.2) is 36.2 Å². The fourth-order valence-corrected chi connectivity index (χ4v) is 3.67. The maximum Gasteiger partial charge on any atom is 0.244 e. The number of amides is 2. The average Bonchev–Trinajstić information content (AvgIpc) is 2.93. The maximum absolute atomic E-state index is 13.2. The topological polar surface area (TPSA) is 83.9 Å². The largest absolute Gasteiger partial charge is 0.497 e. The third-order valence-electron chi connectivity index (χ3n) is 5.04. The van der Waals surface area contributed by atoms with E-state index >= 15 is 0 Å².